The van der Waals surface area contributed by atoms with E-state index < -0.39 is 0 Å². The number of nitrogens with one attached hydrogen (secondary N) is 1. The van der Waals surface area contributed by atoms with Gasteiger partial charge in [0, 0.05) is 32.0 Å². The second-order valence-electron chi connectivity index (χ2n) is 6.17. The van der Waals surface area contributed by atoms with E-state index in [0.717, 1.165) is 17.8 Å². The first-order chi connectivity index (χ1) is 12.1. The molecule has 0 radical (unpaired) electrons. The summed E-state index contributed by atoms with van der Waals surface area (Å²) in [7, 11) is 1.78. The van der Waals surface area contributed by atoms with E-state index >= 15 is 0 Å². The molecule has 1 saturated heterocycles. The number of carbonyl (C=O) groups is 2. The van der Waals surface area contributed by atoms with Gasteiger partial charge in [0.25, 0.3) is 5.91 Å². The molecule has 2 amide bonds. The number of hydrogen-bond donors (Lipinski definition) is 1. The van der Waals surface area contributed by atoms with Crippen molar-refractivity contribution < 1.29 is 9.59 Å². The van der Waals surface area contributed by atoms with E-state index in [-0.39, 0.29) is 17.9 Å². The lowest BCUT2D eigenvalue weighted by molar-refractivity contribution is -0.120. The van der Waals surface area contributed by atoms with Crippen LogP contribution >= 0.6 is 0 Å². The van der Waals surface area contributed by atoms with Crippen LogP contribution in [0.4, 0.5) is 5.69 Å². The summed E-state index contributed by atoms with van der Waals surface area (Å²) in [6.45, 7) is 3.62. The summed E-state index contributed by atoms with van der Waals surface area (Å²) < 4.78 is 0. The molecule has 1 aromatic heterocycles. The first-order valence-electron chi connectivity index (χ1n) is 8.36. The van der Waals surface area contributed by atoms with Crippen molar-refractivity contribution in [2.45, 2.75) is 13.0 Å². The molecule has 1 aromatic carbocycles. The normalized spacial score (nSPS) is 15.4. The van der Waals surface area contributed by atoms with E-state index in [4.69, 9.17) is 0 Å². The quantitative estimate of drug-likeness (QED) is 0.924. The van der Waals surface area contributed by atoms with Gasteiger partial charge < -0.3 is 15.1 Å². The van der Waals surface area contributed by atoms with Gasteiger partial charge >= 0.3 is 0 Å². The molecule has 1 atom stereocenters. The SMILES string of the molecule is CC(c1ccccc1)N(C)C(=O)c1cc(N2CCNC(=O)C2)ccn1. The minimum atomic E-state index is -0.139. The van der Waals surface area contributed by atoms with Gasteiger partial charge in [-0.05, 0) is 24.6 Å². The molecule has 1 aliphatic heterocycles. The van der Waals surface area contributed by atoms with Gasteiger partial charge in [0.05, 0.1) is 12.6 Å². The van der Waals surface area contributed by atoms with Crippen molar-refractivity contribution >= 4 is 17.5 Å². The van der Waals surface area contributed by atoms with E-state index in [2.05, 4.69) is 10.3 Å². The average Bonchev–Trinajstić information content (AvgIpc) is 2.67. The predicted octanol–water partition coefficient (Wildman–Crippen LogP) is 1.85. The Morgan fingerprint density at radius 1 is 1.28 bits per heavy atom. The van der Waals surface area contributed by atoms with Gasteiger partial charge in [0.1, 0.15) is 5.69 Å². The molecular weight excluding hydrogens is 316 g/mol. The standard InChI is InChI=1S/C19H22N4O2/c1-14(15-6-4-3-5-7-15)22(2)19(25)17-12-16(8-9-20-17)23-11-10-21-18(24)13-23/h3-9,12,14H,10-11,13H2,1-2H3,(H,21,24). The van der Waals surface area contributed by atoms with Gasteiger partial charge in [-0.3, -0.25) is 14.6 Å². The number of rotatable bonds is 4. The Bertz CT molecular complexity index is 763. The molecule has 3 rings (SSSR count). The molecule has 0 saturated carbocycles. The molecule has 1 unspecified atom stereocenters. The zero-order valence-electron chi connectivity index (χ0n) is 14.5. The molecule has 130 valence electrons. The van der Waals surface area contributed by atoms with Crippen molar-refractivity contribution in [3.63, 3.8) is 0 Å². The van der Waals surface area contributed by atoms with Crippen LogP contribution < -0.4 is 10.2 Å². The third-order valence-electron chi connectivity index (χ3n) is 4.55. The van der Waals surface area contributed by atoms with E-state index in [1.807, 2.05) is 48.2 Å². The molecule has 2 aromatic rings. The van der Waals surface area contributed by atoms with E-state index in [0.29, 0.717) is 18.8 Å². The highest BCUT2D eigenvalue weighted by atomic mass is 16.2. The maximum Gasteiger partial charge on any atom is 0.272 e. The second kappa shape index (κ2) is 7.34. The first kappa shape index (κ1) is 17.0. The number of amides is 2. The summed E-state index contributed by atoms with van der Waals surface area (Å²) in [6.07, 6.45) is 1.62. The molecule has 0 spiro atoms. The molecule has 25 heavy (non-hydrogen) atoms. The fourth-order valence-corrected chi connectivity index (χ4v) is 2.90. The summed E-state index contributed by atoms with van der Waals surface area (Å²) in [4.78, 5) is 32.3. The summed E-state index contributed by atoms with van der Waals surface area (Å²) in [5, 5.41) is 2.80. The molecule has 1 fully saturated rings. The Balaban J connectivity index is 1.78. The highest BCUT2D eigenvalue weighted by Gasteiger charge is 2.22. The Morgan fingerprint density at radius 3 is 2.76 bits per heavy atom. The molecule has 0 aliphatic carbocycles. The Labute approximate surface area is 147 Å². The fourth-order valence-electron chi connectivity index (χ4n) is 2.90. The molecule has 6 nitrogen and oxygen atoms in total. The molecule has 2 heterocycles. The highest BCUT2D eigenvalue weighted by Crippen LogP contribution is 2.22. The number of aromatic nitrogens is 1. The lowest BCUT2D eigenvalue weighted by Crippen LogP contribution is -2.47. The first-order valence-corrected chi connectivity index (χ1v) is 8.36. The van der Waals surface area contributed by atoms with Crippen LogP contribution in [0.15, 0.2) is 48.7 Å². The monoisotopic (exact) mass is 338 g/mol. The number of hydrogen-bond acceptors (Lipinski definition) is 4. The smallest absolute Gasteiger partial charge is 0.272 e. The van der Waals surface area contributed by atoms with Gasteiger partial charge in [-0.15, -0.1) is 0 Å². The number of anilines is 1. The van der Waals surface area contributed by atoms with Gasteiger partial charge in [0.2, 0.25) is 5.91 Å². The van der Waals surface area contributed by atoms with Crippen molar-refractivity contribution in [1.82, 2.24) is 15.2 Å². The fraction of sp³-hybridized carbons (Fsp3) is 0.316. The van der Waals surface area contributed by atoms with Crippen molar-refractivity contribution in [2.24, 2.45) is 0 Å². The molecule has 1 aliphatic rings. The minimum absolute atomic E-state index is 0.00856. The number of piperazine rings is 1. The average molecular weight is 338 g/mol. The molecule has 6 heteroatoms. The largest absolute Gasteiger partial charge is 0.360 e. The predicted molar refractivity (Wildman–Crippen MR) is 96.4 cm³/mol. The lowest BCUT2D eigenvalue weighted by Gasteiger charge is -2.29. The Morgan fingerprint density at radius 2 is 2.04 bits per heavy atom. The summed E-state index contributed by atoms with van der Waals surface area (Å²) in [5.74, 6) is -0.148. The van der Waals surface area contributed by atoms with Crippen molar-refractivity contribution in [3.8, 4) is 0 Å². The number of pyridine rings is 1. The van der Waals surface area contributed by atoms with Crippen LogP contribution in [0.3, 0.4) is 0 Å². The van der Waals surface area contributed by atoms with Gasteiger partial charge in [-0.2, -0.15) is 0 Å². The number of carbonyl (C=O) groups excluding carboxylic acids is 2. The van der Waals surface area contributed by atoms with Crippen LogP contribution in [0.5, 0.6) is 0 Å². The van der Waals surface area contributed by atoms with E-state index in [9.17, 15) is 9.59 Å². The zero-order valence-corrected chi connectivity index (χ0v) is 14.5. The molecular formula is C19H22N4O2. The summed E-state index contributed by atoms with van der Waals surface area (Å²) >= 11 is 0. The lowest BCUT2D eigenvalue weighted by atomic mass is 10.1. The number of benzene rings is 1. The van der Waals surface area contributed by atoms with E-state index in [1.54, 1.807) is 24.2 Å². The maximum absolute atomic E-state index is 12.8. The van der Waals surface area contributed by atoms with Crippen LogP contribution in [0.2, 0.25) is 0 Å². The van der Waals surface area contributed by atoms with E-state index in [1.165, 1.54) is 0 Å². The summed E-state index contributed by atoms with van der Waals surface area (Å²) in [5.41, 5.74) is 2.30. The third-order valence-corrected chi connectivity index (χ3v) is 4.55. The van der Waals surface area contributed by atoms with Crippen LogP contribution in [-0.2, 0) is 4.79 Å². The second-order valence-corrected chi connectivity index (χ2v) is 6.17. The summed E-state index contributed by atoms with van der Waals surface area (Å²) in [6, 6.07) is 13.4. The minimum Gasteiger partial charge on any atom is -0.360 e. The van der Waals surface area contributed by atoms with Crippen LogP contribution in [-0.4, -0.2) is 48.4 Å². The zero-order chi connectivity index (χ0) is 17.8. The van der Waals surface area contributed by atoms with Crippen LogP contribution in [0.25, 0.3) is 0 Å². The molecule has 1 N–H and O–H groups in total. The Kier molecular flexibility index (Phi) is 4.97. The van der Waals surface area contributed by atoms with Gasteiger partial charge in [-0.1, -0.05) is 30.3 Å². The van der Waals surface area contributed by atoms with Crippen LogP contribution in [0, 0.1) is 0 Å². The Hall–Kier alpha value is -2.89. The number of nitrogens with zero attached hydrogens (tertiary/aromatic N) is 3. The van der Waals surface area contributed by atoms with Crippen LogP contribution in [0.1, 0.15) is 29.0 Å². The maximum atomic E-state index is 12.8. The van der Waals surface area contributed by atoms with Gasteiger partial charge in [0.15, 0.2) is 0 Å². The van der Waals surface area contributed by atoms with Crippen molar-refractivity contribution in [2.75, 3.05) is 31.6 Å². The molecule has 0 bridgehead atoms. The van der Waals surface area contributed by atoms with Crippen molar-refractivity contribution in [3.05, 3.63) is 59.9 Å². The third kappa shape index (κ3) is 3.79. The highest BCUT2D eigenvalue weighted by molar-refractivity contribution is 5.93. The topological polar surface area (TPSA) is 65.5 Å². The van der Waals surface area contributed by atoms with Crippen molar-refractivity contribution in [1.29, 1.82) is 0 Å². The van der Waals surface area contributed by atoms with Gasteiger partial charge in [-0.25, -0.2) is 0 Å².